The molecule has 1 heterocycles. The van der Waals surface area contributed by atoms with E-state index in [1.165, 1.54) is 0 Å². The minimum Gasteiger partial charge on any atom is -0.490 e. The van der Waals surface area contributed by atoms with E-state index < -0.39 is 5.97 Å². The first-order valence-corrected chi connectivity index (χ1v) is 11.8. The molecule has 34 heavy (non-hydrogen) atoms. The van der Waals surface area contributed by atoms with Gasteiger partial charge in [0.2, 0.25) is 0 Å². The Labute approximate surface area is 198 Å². The Morgan fingerprint density at radius 3 is 2.41 bits per heavy atom. The highest BCUT2D eigenvalue weighted by Gasteiger charge is 2.26. The zero-order valence-electron chi connectivity index (χ0n) is 19.3. The predicted molar refractivity (Wildman–Crippen MR) is 129 cm³/mol. The van der Waals surface area contributed by atoms with Gasteiger partial charge in [0.05, 0.1) is 12.0 Å². The van der Waals surface area contributed by atoms with Crippen LogP contribution in [0.4, 0.5) is 0 Å². The number of nitrogens with zero attached hydrogens (tertiary/aromatic N) is 1. The average molecular weight is 463 g/mol. The fourth-order valence-corrected chi connectivity index (χ4v) is 4.53. The number of hydrogen-bond acceptors (Lipinski definition) is 4. The van der Waals surface area contributed by atoms with Crippen LogP contribution in [0.25, 0.3) is 10.9 Å². The molecule has 7 heteroatoms. The van der Waals surface area contributed by atoms with Crippen molar-refractivity contribution in [3.8, 4) is 5.75 Å². The van der Waals surface area contributed by atoms with Gasteiger partial charge in [0.25, 0.3) is 5.91 Å². The lowest BCUT2D eigenvalue weighted by Gasteiger charge is -2.26. The van der Waals surface area contributed by atoms with Crippen molar-refractivity contribution < 1.29 is 24.2 Å². The molecule has 1 aromatic heterocycles. The van der Waals surface area contributed by atoms with Crippen molar-refractivity contribution >= 4 is 28.6 Å². The SMILES string of the molecule is Cn1c(C(=O)NCCCC(=O)c2ccc(OC3CCC(C(=O)O)CC3)cc2)cc2ccccc21. The molecule has 0 bridgehead atoms. The van der Waals surface area contributed by atoms with Crippen LogP contribution in [-0.2, 0) is 11.8 Å². The van der Waals surface area contributed by atoms with E-state index in [-0.39, 0.29) is 23.7 Å². The molecule has 0 unspecified atom stereocenters. The summed E-state index contributed by atoms with van der Waals surface area (Å²) < 4.78 is 7.84. The van der Waals surface area contributed by atoms with Crippen molar-refractivity contribution in [2.45, 2.75) is 44.6 Å². The summed E-state index contributed by atoms with van der Waals surface area (Å²) in [5.41, 5.74) is 2.21. The molecule has 1 aliphatic carbocycles. The number of benzene rings is 2. The molecule has 7 nitrogen and oxygen atoms in total. The van der Waals surface area contributed by atoms with Gasteiger partial charge in [0, 0.05) is 36.5 Å². The first kappa shape index (κ1) is 23.5. The number of aromatic nitrogens is 1. The van der Waals surface area contributed by atoms with Crippen LogP contribution in [0.3, 0.4) is 0 Å². The first-order valence-electron chi connectivity index (χ1n) is 11.8. The number of carboxylic acids is 1. The lowest BCUT2D eigenvalue weighted by molar-refractivity contribution is -0.143. The Hall–Kier alpha value is -3.61. The van der Waals surface area contributed by atoms with E-state index in [0.717, 1.165) is 23.7 Å². The van der Waals surface area contributed by atoms with Crippen LogP contribution in [0.5, 0.6) is 5.75 Å². The number of nitrogens with one attached hydrogen (secondary N) is 1. The highest BCUT2D eigenvalue weighted by Crippen LogP contribution is 2.28. The molecule has 2 aromatic carbocycles. The van der Waals surface area contributed by atoms with Crippen molar-refractivity contribution in [2.75, 3.05) is 6.54 Å². The Bertz CT molecular complexity index is 1170. The summed E-state index contributed by atoms with van der Waals surface area (Å²) in [5, 5.41) is 13.0. The van der Waals surface area contributed by atoms with Crippen LogP contribution in [0.15, 0.2) is 54.6 Å². The number of rotatable bonds is 9. The third-order valence-corrected chi connectivity index (χ3v) is 6.55. The second-order valence-corrected chi connectivity index (χ2v) is 8.88. The van der Waals surface area contributed by atoms with Gasteiger partial charge >= 0.3 is 5.97 Å². The molecule has 4 rings (SSSR count). The Balaban J connectivity index is 1.21. The smallest absolute Gasteiger partial charge is 0.306 e. The summed E-state index contributed by atoms with van der Waals surface area (Å²) in [6.07, 6.45) is 3.63. The van der Waals surface area contributed by atoms with Gasteiger partial charge in [0.15, 0.2) is 5.78 Å². The largest absolute Gasteiger partial charge is 0.490 e. The quantitative estimate of drug-likeness (QED) is 0.358. The highest BCUT2D eigenvalue weighted by molar-refractivity contribution is 5.99. The number of hydrogen-bond donors (Lipinski definition) is 2. The summed E-state index contributed by atoms with van der Waals surface area (Å²) in [5.74, 6) is -0.430. The molecule has 2 N–H and O–H groups in total. The minimum absolute atomic E-state index is 0.0163. The number of carboxylic acid groups (broad SMARTS) is 1. The van der Waals surface area contributed by atoms with Crippen LogP contribution >= 0.6 is 0 Å². The summed E-state index contributed by atoms with van der Waals surface area (Å²) in [7, 11) is 1.87. The maximum atomic E-state index is 12.5. The lowest BCUT2D eigenvalue weighted by Crippen LogP contribution is -2.27. The van der Waals surface area contributed by atoms with E-state index in [2.05, 4.69) is 5.32 Å². The second kappa shape index (κ2) is 10.5. The standard InChI is InChI=1S/C27H30N2O5/c1-29-23-6-3-2-5-20(23)17-24(29)26(31)28-16-4-7-25(30)18-8-12-21(13-9-18)34-22-14-10-19(11-15-22)27(32)33/h2-3,5-6,8-9,12-13,17,19,22H,4,7,10-11,14-16H2,1H3,(H,28,31)(H,32,33). The molecule has 1 saturated carbocycles. The summed E-state index contributed by atoms with van der Waals surface area (Å²) in [4.78, 5) is 36.1. The van der Waals surface area contributed by atoms with E-state index in [1.807, 2.05) is 41.9 Å². The third-order valence-electron chi connectivity index (χ3n) is 6.55. The van der Waals surface area contributed by atoms with Crippen LogP contribution in [0.2, 0.25) is 0 Å². The van der Waals surface area contributed by atoms with E-state index in [0.29, 0.717) is 49.2 Å². The van der Waals surface area contributed by atoms with Crippen LogP contribution in [0, 0.1) is 5.92 Å². The van der Waals surface area contributed by atoms with Gasteiger partial charge in [0.1, 0.15) is 11.4 Å². The molecule has 178 valence electrons. The first-order chi connectivity index (χ1) is 16.4. The summed E-state index contributed by atoms with van der Waals surface area (Å²) in [6, 6.07) is 16.8. The number of ketones is 1. The zero-order valence-corrected chi connectivity index (χ0v) is 19.3. The van der Waals surface area contributed by atoms with Crippen LogP contribution in [-0.4, -0.2) is 40.0 Å². The van der Waals surface area contributed by atoms with Crippen molar-refractivity contribution in [1.29, 1.82) is 0 Å². The Morgan fingerprint density at radius 1 is 1.03 bits per heavy atom. The molecule has 1 fully saturated rings. The molecule has 1 amide bonds. The van der Waals surface area contributed by atoms with E-state index in [9.17, 15) is 14.4 Å². The molecular formula is C27H30N2O5. The molecule has 0 radical (unpaired) electrons. The molecular weight excluding hydrogens is 432 g/mol. The number of amides is 1. The fourth-order valence-electron chi connectivity index (χ4n) is 4.53. The number of aliphatic carboxylic acids is 1. The van der Waals surface area contributed by atoms with Crippen molar-refractivity contribution in [1.82, 2.24) is 9.88 Å². The number of para-hydroxylation sites is 1. The molecule has 0 saturated heterocycles. The van der Waals surface area contributed by atoms with Gasteiger partial charge in [-0.05, 0) is 68.5 Å². The van der Waals surface area contributed by atoms with Gasteiger partial charge in [-0.2, -0.15) is 0 Å². The highest BCUT2D eigenvalue weighted by atomic mass is 16.5. The van der Waals surface area contributed by atoms with Gasteiger partial charge < -0.3 is 19.7 Å². The molecule has 1 aliphatic rings. The van der Waals surface area contributed by atoms with Gasteiger partial charge in [-0.3, -0.25) is 14.4 Å². The van der Waals surface area contributed by atoms with Crippen LogP contribution in [0.1, 0.15) is 59.4 Å². The zero-order chi connectivity index (χ0) is 24.1. The Kier molecular flexibility index (Phi) is 7.30. The lowest BCUT2D eigenvalue weighted by atomic mass is 9.87. The average Bonchev–Trinajstić information content (AvgIpc) is 3.19. The van der Waals surface area contributed by atoms with Crippen molar-refractivity contribution in [2.24, 2.45) is 13.0 Å². The fraction of sp³-hybridized carbons (Fsp3) is 0.370. The number of ether oxygens (including phenoxy) is 1. The number of fused-ring (bicyclic) bond motifs is 1. The molecule has 3 aromatic rings. The van der Waals surface area contributed by atoms with Crippen molar-refractivity contribution in [3.05, 3.63) is 65.9 Å². The van der Waals surface area contributed by atoms with Gasteiger partial charge in [-0.1, -0.05) is 18.2 Å². The van der Waals surface area contributed by atoms with E-state index in [1.54, 1.807) is 24.3 Å². The van der Waals surface area contributed by atoms with Crippen LogP contribution < -0.4 is 10.1 Å². The second-order valence-electron chi connectivity index (χ2n) is 8.88. The van der Waals surface area contributed by atoms with Gasteiger partial charge in [-0.25, -0.2) is 0 Å². The van der Waals surface area contributed by atoms with E-state index >= 15 is 0 Å². The van der Waals surface area contributed by atoms with Gasteiger partial charge in [-0.15, -0.1) is 0 Å². The molecule has 0 atom stereocenters. The normalized spacial score (nSPS) is 17.9. The Morgan fingerprint density at radius 2 is 1.74 bits per heavy atom. The number of carbonyl (C=O) groups is 3. The maximum Gasteiger partial charge on any atom is 0.306 e. The minimum atomic E-state index is -0.727. The maximum absolute atomic E-state index is 12.5. The number of Topliss-reactive ketones (excluding diaryl/α,β-unsaturated/α-hetero) is 1. The molecule has 0 aliphatic heterocycles. The topological polar surface area (TPSA) is 97.6 Å². The molecule has 0 spiro atoms. The number of carbonyl (C=O) groups excluding carboxylic acids is 2. The number of aryl methyl sites for hydroxylation is 1. The third kappa shape index (κ3) is 5.47. The monoisotopic (exact) mass is 462 g/mol. The summed E-state index contributed by atoms with van der Waals surface area (Å²) >= 11 is 0. The predicted octanol–water partition coefficient (Wildman–Crippen LogP) is 4.59. The van der Waals surface area contributed by atoms with E-state index in [4.69, 9.17) is 9.84 Å². The summed E-state index contributed by atoms with van der Waals surface area (Å²) in [6.45, 7) is 0.423. The van der Waals surface area contributed by atoms with Crippen molar-refractivity contribution in [3.63, 3.8) is 0 Å².